The molecule has 0 radical (unpaired) electrons. The number of allylic oxidation sites excluding steroid dienone is 2. The van der Waals surface area contributed by atoms with Crippen molar-refractivity contribution in [2.24, 2.45) is 28.8 Å². The smallest absolute Gasteiger partial charge is 0.187 e. The fourth-order valence-corrected chi connectivity index (χ4v) is 4.73. The minimum atomic E-state index is 0.499. The minimum Gasteiger partial charge on any atom is -0.358 e. The number of hydrogen-bond acceptors (Lipinski definition) is 3. The molecule has 0 aromatic carbocycles. The third-order valence-corrected chi connectivity index (χ3v) is 5.59. The normalized spacial score (nSPS) is 35.0. The largest absolute Gasteiger partial charge is 0.358 e. The summed E-state index contributed by atoms with van der Waals surface area (Å²) >= 11 is 5.37. The lowest BCUT2D eigenvalue weighted by molar-refractivity contribution is 0.246. The number of hydrogen-bond donors (Lipinski definition) is 2. The first-order valence-electron chi connectivity index (χ1n) is 7.98. The molecule has 1 aromatic heterocycles. The number of nitrogens with one attached hydrogen (secondary N) is 2. The van der Waals surface area contributed by atoms with Crippen LogP contribution in [-0.2, 0) is 0 Å². The molecule has 22 heavy (non-hydrogen) atoms. The van der Waals surface area contributed by atoms with Crippen LogP contribution in [0.5, 0.6) is 0 Å². The van der Waals surface area contributed by atoms with Crippen LogP contribution in [0, 0.1) is 23.7 Å². The summed E-state index contributed by atoms with van der Waals surface area (Å²) in [5.41, 5.74) is 3.73. The standard InChI is InChI=1S/C17H20N4S/c22-17(21-19-10-12-4-1-2-7-18-12)20-16-9-11-8-15(16)14-6-3-5-13(11)14/h1-4,6-7,10-11,13-16H,5,8-9H2,(H2,20,21,22)/b19-10-/t11-,13+,14-,15-,16-/m0/s1. The van der Waals surface area contributed by atoms with Gasteiger partial charge in [0.15, 0.2) is 5.11 Å². The monoisotopic (exact) mass is 312 g/mol. The molecule has 0 unspecified atom stereocenters. The highest BCUT2D eigenvalue weighted by Gasteiger charge is 2.52. The molecule has 0 saturated heterocycles. The maximum Gasteiger partial charge on any atom is 0.187 e. The number of pyridine rings is 1. The molecular formula is C17H20N4S. The van der Waals surface area contributed by atoms with E-state index in [-0.39, 0.29) is 0 Å². The predicted molar refractivity (Wildman–Crippen MR) is 91.4 cm³/mol. The summed E-state index contributed by atoms with van der Waals surface area (Å²) in [5, 5.41) is 8.23. The summed E-state index contributed by atoms with van der Waals surface area (Å²) in [7, 11) is 0. The fourth-order valence-electron chi connectivity index (χ4n) is 4.52. The van der Waals surface area contributed by atoms with Gasteiger partial charge >= 0.3 is 0 Å². The van der Waals surface area contributed by atoms with Crippen molar-refractivity contribution in [1.29, 1.82) is 0 Å². The van der Waals surface area contributed by atoms with Crippen LogP contribution in [0.3, 0.4) is 0 Å². The molecule has 4 nitrogen and oxygen atoms in total. The van der Waals surface area contributed by atoms with E-state index in [0.29, 0.717) is 11.2 Å². The minimum absolute atomic E-state index is 0.499. The van der Waals surface area contributed by atoms with E-state index < -0.39 is 0 Å². The van der Waals surface area contributed by atoms with Crippen LogP contribution < -0.4 is 10.7 Å². The summed E-state index contributed by atoms with van der Waals surface area (Å²) in [6.07, 6.45) is 12.1. The molecule has 114 valence electrons. The van der Waals surface area contributed by atoms with E-state index in [1.165, 1.54) is 19.3 Å². The van der Waals surface area contributed by atoms with Crippen molar-refractivity contribution in [1.82, 2.24) is 15.7 Å². The highest BCUT2D eigenvalue weighted by molar-refractivity contribution is 7.80. The second kappa shape index (κ2) is 5.80. The van der Waals surface area contributed by atoms with Crippen molar-refractivity contribution in [3.8, 4) is 0 Å². The van der Waals surface area contributed by atoms with Gasteiger partial charge in [0.25, 0.3) is 0 Å². The molecule has 3 aliphatic rings. The molecule has 1 aromatic rings. The van der Waals surface area contributed by atoms with E-state index in [2.05, 4.69) is 33.0 Å². The average molecular weight is 312 g/mol. The third-order valence-electron chi connectivity index (χ3n) is 5.38. The zero-order chi connectivity index (χ0) is 14.9. The summed E-state index contributed by atoms with van der Waals surface area (Å²) in [6.45, 7) is 0. The van der Waals surface area contributed by atoms with Gasteiger partial charge in [-0.25, -0.2) is 0 Å². The number of nitrogens with zero attached hydrogens (tertiary/aromatic N) is 2. The van der Waals surface area contributed by atoms with Gasteiger partial charge in [-0.2, -0.15) is 5.10 Å². The Morgan fingerprint density at radius 3 is 3.14 bits per heavy atom. The quantitative estimate of drug-likeness (QED) is 0.390. The van der Waals surface area contributed by atoms with Crippen LogP contribution in [0.1, 0.15) is 25.0 Å². The van der Waals surface area contributed by atoms with Gasteiger partial charge in [-0.3, -0.25) is 10.4 Å². The van der Waals surface area contributed by atoms with Gasteiger partial charge in [0, 0.05) is 12.2 Å². The molecule has 0 spiro atoms. The van der Waals surface area contributed by atoms with Gasteiger partial charge in [-0.15, -0.1) is 0 Å². The topological polar surface area (TPSA) is 49.3 Å². The predicted octanol–water partition coefficient (Wildman–Crippen LogP) is 2.48. The lowest BCUT2D eigenvalue weighted by atomic mass is 9.79. The molecule has 2 bridgehead atoms. The Labute approximate surface area is 136 Å². The number of rotatable bonds is 3. The van der Waals surface area contributed by atoms with E-state index in [1.54, 1.807) is 12.4 Å². The van der Waals surface area contributed by atoms with Crippen LogP contribution in [0.4, 0.5) is 0 Å². The van der Waals surface area contributed by atoms with Crippen molar-refractivity contribution in [2.45, 2.75) is 25.3 Å². The molecule has 2 N–H and O–H groups in total. The molecular weight excluding hydrogens is 292 g/mol. The summed E-state index contributed by atoms with van der Waals surface area (Å²) in [5.74, 6) is 3.30. The van der Waals surface area contributed by atoms with E-state index in [4.69, 9.17) is 12.2 Å². The van der Waals surface area contributed by atoms with E-state index >= 15 is 0 Å². The Morgan fingerprint density at radius 2 is 2.27 bits per heavy atom. The first kappa shape index (κ1) is 13.9. The Bertz CT molecular complexity index is 612. The summed E-state index contributed by atoms with van der Waals surface area (Å²) < 4.78 is 0. The lowest BCUT2D eigenvalue weighted by Crippen LogP contribution is -2.45. The van der Waals surface area contributed by atoms with Crippen LogP contribution in [0.2, 0.25) is 0 Å². The number of thiocarbonyl (C=S) groups is 1. The van der Waals surface area contributed by atoms with Crippen LogP contribution in [-0.4, -0.2) is 22.4 Å². The molecule has 5 atom stereocenters. The van der Waals surface area contributed by atoms with Gasteiger partial charge in [0.05, 0.1) is 11.9 Å². The average Bonchev–Trinajstić information content (AvgIpc) is 3.20. The molecule has 4 rings (SSSR count). The maximum atomic E-state index is 5.37. The number of fused-ring (bicyclic) bond motifs is 5. The van der Waals surface area contributed by atoms with E-state index in [0.717, 1.165) is 29.4 Å². The Morgan fingerprint density at radius 1 is 1.32 bits per heavy atom. The first-order valence-corrected chi connectivity index (χ1v) is 8.39. The zero-order valence-electron chi connectivity index (χ0n) is 12.4. The Balaban J connectivity index is 1.30. The first-order chi connectivity index (χ1) is 10.8. The van der Waals surface area contributed by atoms with Crippen molar-refractivity contribution < 1.29 is 0 Å². The molecule has 2 fully saturated rings. The maximum absolute atomic E-state index is 5.37. The second-order valence-electron chi connectivity index (χ2n) is 6.50. The van der Waals surface area contributed by atoms with Crippen LogP contribution in [0.15, 0.2) is 41.6 Å². The molecule has 1 heterocycles. The molecule has 0 aliphatic heterocycles. The second-order valence-corrected chi connectivity index (χ2v) is 6.91. The van der Waals surface area contributed by atoms with E-state index in [9.17, 15) is 0 Å². The Hall–Kier alpha value is -1.75. The molecule has 5 heteroatoms. The van der Waals surface area contributed by atoms with Gasteiger partial charge in [-0.05, 0) is 67.3 Å². The van der Waals surface area contributed by atoms with Crippen LogP contribution >= 0.6 is 12.2 Å². The third kappa shape index (κ3) is 2.54. The van der Waals surface area contributed by atoms with E-state index in [1.807, 2.05) is 18.2 Å². The Kier molecular flexibility index (Phi) is 3.66. The van der Waals surface area contributed by atoms with Crippen LogP contribution in [0.25, 0.3) is 0 Å². The summed E-state index contributed by atoms with van der Waals surface area (Å²) in [6, 6.07) is 6.23. The van der Waals surface area contributed by atoms with Gasteiger partial charge in [0.2, 0.25) is 0 Å². The fraction of sp³-hybridized carbons (Fsp3) is 0.471. The van der Waals surface area contributed by atoms with Crippen molar-refractivity contribution in [2.75, 3.05) is 0 Å². The SMILES string of the molecule is S=C(N/N=C\c1ccccn1)N[C@H]1C[C@@H]2C[C@H]1[C@H]1C=CC[C@H]21. The molecule has 2 saturated carbocycles. The highest BCUT2D eigenvalue weighted by Crippen LogP contribution is 2.56. The molecule has 3 aliphatic carbocycles. The van der Waals surface area contributed by atoms with Crippen molar-refractivity contribution >= 4 is 23.5 Å². The lowest BCUT2D eigenvalue weighted by Gasteiger charge is -2.32. The van der Waals surface area contributed by atoms with Crippen molar-refractivity contribution in [3.05, 3.63) is 42.2 Å². The number of aromatic nitrogens is 1. The number of hydrazone groups is 1. The highest BCUT2D eigenvalue weighted by atomic mass is 32.1. The van der Waals surface area contributed by atoms with Crippen molar-refractivity contribution in [3.63, 3.8) is 0 Å². The van der Waals surface area contributed by atoms with Gasteiger partial charge in [0.1, 0.15) is 0 Å². The van der Waals surface area contributed by atoms with Gasteiger partial charge < -0.3 is 5.32 Å². The summed E-state index contributed by atoms with van der Waals surface area (Å²) in [4.78, 5) is 4.19. The van der Waals surface area contributed by atoms with Gasteiger partial charge in [-0.1, -0.05) is 18.2 Å². The zero-order valence-corrected chi connectivity index (χ0v) is 13.2. The molecule has 0 amide bonds.